The average Bonchev–Trinajstić information content (AvgIpc) is 2.37. The molecule has 0 aliphatic carbocycles. The van der Waals surface area contributed by atoms with Crippen LogP contribution in [0.2, 0.25) is 0 Å². The van der Waals surface area contributed by atoms with Crippen molar-refractivity contribution in [2.45, 2.75) is 13.1 Å². The number of halogens is 3. The molecule has 0 spiro atoms. The van der Waals surface area contributed by atoms with E-state index in [0.29, 0.717) is 23.1 Å². The Labute approximate surface area is 107 Å². The van der Waals surface area contributed by atoms with E-state index in [-0.39, 0.29) is 0 Å². The molecule has 0 N–H and O–H groups in total. The number of aromatic nitrogens is 1. The number of pyridine rings is 1. The molecule has 1 aromatic carbocycles. The van der Waals surface area contributed by atoms with E-state index >= 15 is 0 Å². The summed E-state index contributed by atoms with van der Waals surface area (Å²) in [7, 11) is 0. The van der Waals surface area contributed by atoms with Crippen LogP contribution in [0.1, 0.15) is 21.5 Å². The highest BCUT2D eigenvalue weighted by Crippen LogP contribution is 2.30. The molecule has 0 aliphatic rings. The van der Waals surface area contributed by atoms with E-state index in [1.54, 1.807) is 25.1 Å². The first kappa shape index (κ1) is 13.3. The molecule has 0 aliphatic heterocycles. The SMILES string of the molecule is Cc1cc(C=O)cc(-c2ccc(C(F)(F)F)cn2)c1. The van der Waals surface area contributed by atoms with E-state index in [0.717, 1.165) is 17.8 Å². The second-order valence-electron chi connectivity index (χ2n) is 4.18. The van der Waals surface area contributed by atoms with E-state index in [9.17, 15) is 18.0 Å². The fourth-order valence-electron chi connectivity index (χ4n) is 1.76. The average molecular weight is 265 g/mol. The Morgan fingerprint density at radius 3 is 2.42 bits per heavy atom. The highest BCUT2D eigenvalue weighted by molar-refractivity contribution is 5.78. The highest BCUT2D eigenvalue weighted by Gasteiger charge is 2.30. The molecule has 2 nitrogen and oxygen atoms in total. The maximum absolute atomic E-state index is 12.4. The molecule has 5 heteroatoms. The smallest absolute Gasteiger partial charge is 0.298 e. The zero-order chi connectivity index (χ0) is 14.0. The third-order valence-electron chi connectivity index (χ3n) is 2.62. The molecule has 0 saturated heterocycles. The number of aldehydes is 1. The molecule has 0 bridgehead atoms. The fourth-order valence-corrected chi connectivity index (χ4v) is 1.76. The fraction of sp³-hybridized carbons (Fsp3) is 0.143. The Morgan fingerprint density at radius 1 is 1.16 bits per heavy atom. The largest absolute Gasteiger partial charge is 0.417 e. The summed E-state index contributed by atoms with van der Waals surface area (Å²) in [6, 6.07) is 7.33. The number of rotatable bonds is 2. The van der Waals surface area contributed by atoms with E-state index in [2.05, 4.69) is 4.98 Å². The van der Waals surface area contributed by atoms with Crippen LogP contribution in [0.25, 0.3) is 11.3 Å². The number of carbonyl (C=O) groups is 1. The Morgan fingerprint density at radius 2 is 1.89 bits per heavy atom. The van der Waals surface area contributed by atoms with Crippen molar-refractivity contribution in [3.8, 4) is 11.3 Å². The molecule has 0 amide bonds. The summed E-state index contributed by atoms with van der Waals surface area (Å²) in [5, 5.41) is 0. The monoisotopic (exact) mass is 265 g/mol. The molecule has 2 aromatic rings. The topological polar surface area (TPSA) is 30.0 Å². The summed E-state index contributed by atoms with van der Waals surface area (Å²) < 4.78 is 37.3. The third-order valence-corrected chi connectivity index (χ3v) is 2.62. The Bertz CT molecular complexity index is 603. The minimum absolute atomic E-state index is 0.403. The molecule has 0 unspecified atom stereocenters. The van der Waals surface area contributed by atoms with Gasteiger partial charge in [0.1, 0.15) is 6.29 Å². The van der Waals surface area contributed by atoms with Crippen LogP contribution in [-0.2, 0) is 6.18 Å². The first-order valence-electron chi connectivity index (χ1n) is 5.50. The van der Waals surface area contributed by atoms with Gasteiger partial charge in [-0.1, -0.05) is 0 Å². The van der Waals surface area contributed by atoms with Crippen LogP contribution < -0.4 is 0 Å². The molecule has 1 heterocycles. The normalized spacial score (nSPS) is 11.4. The highest BCUT2D eigenvalue weighted by atomic mass is 19.4. The van der Waals surface area contributed by atoms with Crippen molar-refractivity contribution >= 4 is 6.29 Å². The van der Waals surface area contributed by atoms with Crippen LogP contribution in [-0.4, -0.2) is 11.3 Å². The molecule has 0 fully saturated rings. The standard InChI is InChI=1S/C14H10F3NO/c1-9-4-10(8-19)6-11(5-9)13-3-2-12(7-18-13)14(15,16)17/h2-8H,1H3. The van der Waals surface area contributed by atoms with Gasteiger partial charge in [-0.15, -0.1) is 0 Å². The number of hydrogen-bond acceptors (Lipinski definition) is 2. The van der Waals surface area contributed by atoms with Gasteiger partial charge < -0.3 is 0 Å². The molecular formula is C14H10F3NO. The Balaban J connectivity index is 2.42. The molecule has 0 saturated carbocycles. The van der Waals surface area contributed by atoms with Crippen LogP contribution in [0.5, 0.6) is 0 Å². The minimum Gasteiger partial charge on any atom is -0.298 e. The van der Waals surface area contributed by atoms with Crippen LogP contribution in [0.15, 0.2) is 36.5 Å². The van der Waals surface area contributed by atoms with Crippen molar-refractivity contribution in [1.29, 1.82) is 0 Å². The third kappa shape index (κ3) is 2.99. The number of nitrogens with zero attached hydrogens (tertiary/aromatic N) is 1. The summed E-state index contributed by atoms with van der Waals surface area (Å²) in [5.74, 6) is 0. The van der Waals surface area contributed by atoms with Crippen LogP contribution in [0.4, 0.5) is 13.2 Å². The lowest BCUT2D eigenvalue weighted by Gasteiger charge is -2.08. The number of benzene rings is 1. The molecule has 2 rings (SSSR count). The second-order valence-corrected chi connectivity index (χ2v) is 4.18. The van der Waals surface area contributed by atoms with Gasteiger partial charge in [0.15, 0.2) is 0 Å². The van der Waals surface area contributed by atoms with E-state index < -0.39 is 11.7 Å². The van der Waals surface area contributed by atoms with Crippen molar-refractivity contribution in [3.63, 3.8) is 0 Å². The molecule has 0 atom stereocenters. The zero-order valence-corrected chi connectivity index (χ0v) is 10.0. The molecule has 98 valence electrons. The van der Waals surface area contributed by atoms with Crippen molar-refractivity contribution < 1.29 is 18.0 Å². The van der Waals surface area contributed by atoms with Crippen LogP contribution >= 0.6 is 0 Å². The predicted octanol–water partition coefficient (Wildman–Crippen LogP) is 3.89. The maximum Gasteiger partial charge on any atom is 0.417 e. The van der Waals surface area contributed by atoms with Gasteiger partial charge in [0.2, 0.25) is 0 Å². The van der Waals surface area contributed by atoms with Crippen LogP contribution in [0, 0.1) is 6.92 Å². The van der Waals surface area contributed by atoms with Gasteiger partial charge in [-0.25, -0.2) is 0 Å². The van der Waals surface area contributed by atoms with Crippen molar-refractivity contribution in [2.24, 2.45) is 0 Å². The first-order chi connectivity index (χ1) is 8.90. The number of hydrogen-bond donors (Lipinski definition) is 0. The van der Waals surface area contributed by atoms with Crippen molar-refractivity contribution in [3.05, 3.63) is 53.2 Å². The molecule has 1 aromatic heterocycles. The van der Waals surface area contributed by atoms with E-state index in [4.69, 9.17) is 0 Å². The Kier molecular flexibility index (Phi) is 3.38. The second kappa shape index (κ2) is 4.84. The van der Waals surface area contributed by atoms with Gasteiger partial charge in [-0.05, 0) is 42.8 Å². The van der Waals surface area contributed by atoms with Gasteiger partial charge in [0, 0.05) is 17.3 Å². The summed E-state index contributed by atoms with van der Waals surface area (Å²) in [6.07, 6.45) is -2.91. The molecular weight excluding hydrogens is 255 g/mol. The van der Waals surface area contributed by atoms with Gasteiger partial charge in [0.25, 0.3) is 0 Å². The zero-order valence-electron chi connectivity index (χ0n) is 10.0. The maximum atomic E-state index is 12.4. The number of alkyl halides is 3. The summed E-state index contributed by atoms with van der Waals surface area (Å²) in [6.45, 7) is 1.81. The Hall–Kier alpha value is -2.17. The lowest BCUT2D eigenvalue weighted by atomic mass is 10.0. The predicted molar refractivity (Wildman–Crippen MR) is 64.8 cm³/mol. The van der Waals surface area contributed by atoms with Crippen molar-refractivity contribution in [2.75, 3.05) is 0 Å². The molecule has 19 heavy (non-hydrogen) atoms. The number of carbonyl (C=O) groups excluding carboxylic acids is 1. The lowest BCUT2D eigenvalue weighted by molar-refractivity contribution is -0.137. The van der Waals surface area contributed by atoms with Crippen LogP contribution in [0.3, 0.4) is 0 Å². The lowest BCUT2D eigenvalue weighted by Crippen LogP contribution is -2.05. The van der Waals surface area contributed by atoms with Gasteiger partial charge in [-0.3, -0.25) is 9.78 Å². The number of aryl methyl sites for hydroxylation is 1. The summed E-state index contributed by atoms with van der Waals surface area (Å²) >= 11 is 0. The van der Waals surface area contributed by atoms with Crippen molar-refractivity contribution in [1.82, 2.24) is 4.98 Å². The van der Waals surface area contributed by atoms with E-state index in [1.165, 1.54) is 6.07 Å². The summed E-state index contributed by atoms with van der Waals surface area (Å²) in [4.78, 5) is 14.6. The van der Waals surface area contributed by atoms with Gasteiger partial charge in [-0.2, -0.15) is 13.2 Å². The minimum atomic E-state index is -4.40. The summed E-state index contributed by atoms with van der Waals surface area (Å²) in [5.41, 5.74) is 1.55. The first-order valence-corrected chi connectivity index (χ1v) is 5.50. The van der Waals surface area contributed by atoms with Gasteiger partial charge in [0.05, 0.1) is 11.3 Å². The van der Waals surface area contributed by atoms with E-state index in [1.807, 2.05) is 0 Å². The molecule has 0 radical (unpaired) electrons. The van der Waals surface area contributed by atoms with Gasteiger partial charge >= 0.3 is 6.18 Å². The quantitative estimate of drug-likeness (QED) is 0.771.